The molecule has 0 spiro atoms. The van der Waals surface area contributed by atoms with Gasteiger partial charge in [-0.05, 0) is 53.4 Å². The Morgan fingerprint density at radius 2 is 1.70 bits per heavy atom. The van der Waals surface area contributed by atoms with Crippen LogP contribution in [0.25, 0.3) is 0 Å². The standard InChI is InChI=1S/C26H30FN3O3/c1-18(2)25(20-10-12-22(27)13-11-20)29-24(31)17-30(16-23-5-4-14-33-23)15-19-6-8-21(9-7-19)26(32)28-3/h4-14,18,25H,15-17H2,1-3H3,(H,28,32)(H,29,31). The Morgan fingerprint density at radius 3 is 2.27 bits per heavy atom. The van der Waals surface area contributed by atoms with Gasteiger partial charge in [-0.25, -0.2) is 4.39 Å². The summed E-state index contributed by atoms with van der Waals surface area (Å²) in [5, 5.41) is 5.70. The molecule has 0 aliphatic rings. The maximum absolute atomic E-state index is 13.3. The van der Waals surface area contributed by atoms with Gasteiger partial charge in [0.2, 0.25) is 5.91 Å². The van der Waals surface area contributed by atoms with Gasteiger partial charge in [0.1, 0.15) is 11.6 Å². The summed E-state index contributed by atoms with van der Waals surface area (Å²) in [5.41, 5.74) is 2.42. The summed E-state index contributed by atoms with van der Waals surface area (Å²) in [6.45, 7) is 5.15. The van der Waals surface area contributed by atoms with Crippen molar-refractivity contribution in [2.24, 2.45) is 5.92 Å². The van der Waals surface area contributed by atoms with Crippen LogP contribution in [0, 0.1) is 11.7 Å². The van der Waals surface area contributed by atoms with Gasteiger partial charge in [-0.1, -0.05) is 38.1 Å². The first kappa shape index (κ1) is 24.2. The zero-order valence-corrected chi connectivity index (χ0v) is 19.2. The SMILES string of the molecule is CNC(=O)c1ccc(CN(CC(=O)NC(c2ccc(F)cc2)C(C)C)Cc2ccco2)cc1. The van der Waals surface area contributed by atoms with Gasteiger partial charge < -0.3 is 15.1 Å². The van der Waals surface area contributed by atoms with Crippen LogP contribution >= 0.6 is 0 Å². The van der Waals surface area contributed by atoms with Gasteiger partial charge in [-0.3, -0.25) is 14.5 Å². The van der Waals surface area contributed by atoms with Crippen LogP contribution in [0.1, 0.15) is 47.1 Å². The largest absolute Gasteiger partial charge is 0.468 e. The highest BCUT2D eigenvalue weighted by Gasteiger charge is 2.21. The number of nitrogens with zero attached hydrogens (tertiary/aromatic N) is 1. The Hall–Kier alpha value is -3.45. The van der Waals surface area contributed by atoms with Crippen molar-refractivity contribution in [1.82, 2.24) is 15.5 Å². The number of rotatable bonds is 10. The molecule has 6 nitrogen and oxygen atoms in total. The van der Waals surface area contributed by atoms with Gasteiger partial charge >= 0.3 is 0 Å². The monoisotopic (exact) mass is 451 g/mol. The Balaban J connectivity index is 1.71. The zero-order valence-electron chi connectivity index (χ0n) is 19.2. The molecule has 1 unspecified atom stereocenters. The molecular weight excluding hydrogens is 421 g/mol. The minimum atomic E-state index is -0.306. The van der Waals surface area contributed by atoms with Gasteiger partial charge in [0, 0.05) is 19.2 Å². The van der Waals surface area contributed by atoms with E-state index in [9.17, 15) is 14.0 Å². The smallest absolute Gasteiger partial charge is 0.251 e. The molecule has 2 N–H and O–H groups in total. The normalized spacial score (nSPS) is 12.1. The first-order valence-corrected chi connectivity index (χ1v) is 11.0. The molecule has 7 heteroatoms. The summed E-state index contributed by atoms with van der Waals surface area (Å²) in [6, 6.07) is 17.0. The summed E-state index contributed by atoms with van der Waals surface area (Å²) in [6.07, 6.45) is 1.61. The molecule has 0 radical (unpaired) electrons. The number of furan rings is 1. The van der Waals surface area contributed by atoms with Crippen LogP contribution in [0.15, 0.2) is 71.3 Å². The van der Waals surface area contributed by atoms with Crippen molar-refractivity contribution in [2.75, 3.05) is 13.6 Å². The van der Waals surface area contributed by atoms with E-state index in [4.69, 9.17) is 4.42 Å². The number of benzene rings is 2. The van der Waals surface area contributed by atoms with Crippen LogP contribution in [0.4, 0.5) is 4.39 Å². The van der Waals surface area contributed by atoms with Crippen molar-refractivity contribution in [3.8, 4) is 0 Å². The van der Waals surface area contributed by atoms with E-state index in [2.05, 4.69) is 10.6 Å². The molecule has 2 aromatic carbocycles. The van der Waals surface area contributed by atoms with Crippen LogP contribution in [-0.2, 0) is 17.9 Å². The number of hydrogen-bond acceptors (Lipinski definition) is 4. The van der Waals surface area contributed by atoms with E-state index in [-0.39, 0.29) is 36.1 Å². The summed E-state index contributed by atoms with van der Waals surface area (Å²) in [7, 11) is 1.59. The lowest BCUT2D eigenvalue weighted by atomic mass is 9.96. The summed E-state index contributed by atoms with van der Waals surface area (Å²) >= 11 is 0. The summed E-state index contributed by atoms with van der Waals surface area (Å²) in [4.78, 5) is 26.8. The molecule has 1 heterocycles. The molecule has 1 atom stereocenters. The Morgan fingerprint density at radius 1 is 1.00 bits per heavy atom. The predicted molar refractivity (Wildman–Crippen MR) is 125 cm³/mol. The van der Waals surface area contributed by atoms with Crippen molar-refractivity contribution in [1.29, 1.82) is 0 Å². The number of halogens is 1. The van der Waals surface area contributed by atoms with E-state index >= 15 is 0 Å². The third kappa shape index (κ3) is 7.02. The molecule has 174 valence electrons. The van der Waals surface area contributed by atoms with E-state index < -0.39 is 0 Å². The van der Waals surface area contributed by atoms with E-state index in [0.29, 0.717) is 18.7 Å². The van der Waals surface area contributed by atoms with Crippen molar-refractivity contribution in [2.45, 2.75) is 33.0 Å². The van der Waals surface area contributed by atoms with Crippen molar-refractivity contribution in [3.05, 3.63) is 95.2 Å². The molecule has 33 heavy (non-hydrogen) atoms. The minimum Gasteiger partial charge on any atom is -0.468 e. The molecule has 0 saturated carbocycles. The number of nitrogens with one attached hydrogen (secondary N) is 2. The fourth-order valence-corrected chi connectivity index (χ4v) is 3.68. The Kier molecular flexibility index (Phi) is 8.38. The number of carbonyl (C=O) groups is 2. The van der Waals surface area contributed by atoms with Crippen LogP contribution in [0.2, 0.25) is 0 Å². The van der Waals surface area contributed by atoms with Crippen molar-refractivity contribution in [3.63, 3.8) is 0 Å². The second-order valence-corrected chi connectivity index (χ2v) is 8.34. The maximum atomic E-state index is 13.3. The highest BCUT2D eigenvalue weighted by molar-refractivity contribution is 5.93. The first-order valence-electron chi connectivity index (χ1n) is 11.0. The lowest BCUT2D eigenvalue weighted by molar-refractivity contribution is -0.123. The minimum absolute atomic E-state index is 0.133. The van der Waals surface area contributed by atoms with Gasteiger partial charge in [0.05, 0.1) is 25.4 Å². The molecule has 3 aromatic rings. The zero-order chi connectivity index (χ0) is 23.8. The molecule has 1 aromatic heterocycles. The van der Waals surface area contributed by atoms with E-state index in [1.807, 2.05) is 43.0 Å². The van der Waals surface area contributed by atoms with Gasteiger partial charge in [0.25, 0.3) is 5.91 Å². The first-order chi connectivity index (χ1) is 15.9. The van der Waals surface area contributed by atoms with E-state index in [0.717, 1.165) is 16.9 Å². The second kappa shape index (κ2) is 11.4. The second-order valence-electron chi connectivity index (χ2n) is 8.34. The molecular formula is C26H30FN3O3. The quantitative estimate of drug-likeness (QED) is 0.482. The Labute approximate surface area is 193 Å². The molecule has 0 aliphatic heterocycles. The average molecular weight is 452 g/mol. The predicted octanol–water partition coefficient (Wildman–Crippen LogP) is 4.29. The highest BCUT2D eigenvalue weighted by Crippen LogP contribution is 2.22. The van der Waals surface area contributed by atoms with Gasteiger partial charge in [0.15, 0.2) is 0 Å². The lowest BCUT2D eigenvalue weighted by Gasteiger charge is -2.26. The summed E-state index contributed by atoms with van der Waals surface area (Å²) in [5.74, 6) is 0.305. The molecule has 0 bridgehead atoms. The summed E-state index contributed by atoms with van der Waals surface area (Å²) < 4.78 is 18.8. The van der Waals surface area contributed by atoms with Gasteiger partial charge in [-0.2, -0.15) is 0 Å². The third-order valence-electron chi connectivity index (χ3n) is 5.39. The van der Waals surface area contributed by atoms with Gasteiger partial charge in [-0.15, -0.1) is 0 Å². The lowest BCUT2D eigenvalue weighted by Crippen LogP contribution is -2.39. The van der Waals surface area contributed by atoms with E-state index in [1.165, 1.54) is 12.1 Å². The van der Waals surface area contributed by atoms with Crippen LogP contribution < -0.4 is 10.6 Å². The average Bonchev–Trinajstić information content (AvgIpc) is 3.31. The van der Waals surface area contributed by atoms with Crippen LogP contribution in [-0.4, -0.2) is 30.3 Å². The number of carbonyl (C=O) groups excluding carboxylic acids is 2. The highest BCUT2D eigenvalue weighted by atomic mass is 19.1. The van der Waals surface area contributed by atoms with Crippen LogP contribution in [0.5, 0.6) is 0 Å². The molecule has 2 amide bonds. The third-order valence-corrected chi connectivity index (χ3v) is 5.39. The fourth-order valence-electron chi connectivity index (χ4n) is 3.68. The molecule has 0 aliphatic carbocycles. The number of amides is 2. The molecule has 3 rings (SSSR count). The van der Waals surface area contributed by atoms with Crippen molar-refractivity contribution < 1.29 is 18.4 Å². The molecule has 0 saturated heterocycles. The maximum Gasteiger partial charge on any atom is 0.251 e. The fraction of sp³-hybridized carbons (Fsp3) is 0.308. The molecule has 0 fully saturated rings. The van der Waals surface area contributed by atoms with E-state index in [1.54, 1.807) is 37.6 Å². The number of hydrogen-bond donors (Lipinski definition) is 2. The topological polar surface area (TPSA) is 74.6 Å². The Bertz CT molecular complexity index is 1030. The van der Waals surface area contributed by atoms with Crippen molar-refractivity contribution >= 4 is 11.8 Å². The van der Waals surface area contributed by atoms with Crippen LogP contribution in [0.3, 0.4) is 0 Å².